The predicted octanol–water partition coefficient (Wildman–Crippen LogP) is 0.895. The number of halogens is 1. The van der Waals surface area contributed by atoms with Gasteiger partial charge >= 0.3 is 5.97 Å². The summed E-state index contributed by atoms with van der Waals surface area (Å²) in [5.41, 5.74) is 0. The fourth-order valence-corrected chi connectivity index (χ4v) is 1.28. The summed E-state index contributed by atoms with van der Waals surface area (Å²) in [5.74, 6) is -0.667. The second-order valence-electron chi connectivity index (χ2n) is 1.70. The van der Waals surface area contributed by atoms with Gasteiger partial charge in [0.15, 0.2) is 0 Å². The summed E-state index contributed by atoms with van der Waals surface area (Å²) in [6, 6.07) is 0. The van der Waals surface area contributed by atoms with E-state index in [1.807, 2.05) is 0 Å². The van der Waals surface area contributed by atoms with Crippen LogP contribution in [0.4, 0.5) is 0 Å². The van der Waals surface area contributed by atoms with Crippen LogP contribution in [0.5, 0.6) is 0 Å². The third-order valence-corrected chi connectivity index (χ3v) is 2.41. The molecule has 0 radical (unpaired) electrons. The first-order chi connectivity index (χ1) is 3.22. The number of aliphatic carboxylic acids is 1. The van der Waals surface area contributed by atoms with Crippen molar-refractivity contribution < 1.29 is 9.90 Å². The van der Waals surface area contributed by atoms with E-state index in [1.165, 1.54) is 0 Å². The highest BCUT2D eigenvalue weighted by molar-refractivity contribution is 14.1. The zero-order chi connectivity index (χ0) is 5.44. The van der Waals surface area contributed by atoms with Crippen molar-refractivity contribution >= 4 is 28.6 Å². The molecule has 0 bridgehead atoms. The van der Waals surface area contributed by atoms with Gasteiger partial charge in [-0.2, -0.15) is 0 Å². The van der Waals surface area contributed by atoms with Crippen LogP contribution in [0, 0.1) is 5.92 Å². The minimum absolute atomic E-state index is 0.0272. The number of carboxylic acid groups (broad SMARTS) is 1. The van der Waals surface area contributed by atoms with Gasteiger partial charge < -0.3 is 5.11 Å². The first-order valence-electron chi connectivity index (χ1n) is 2.08. The molecule has 0 aromatic rings. The lowest BCUT2D eigenvalue weighted by atomic mass is 10.5. The highest BCUT2D eigenvalue weighted by atomic mass is 127. The Bertz CT molecular complexity index is 102. The number of hydrogen-bond donors (Lipinski definition) is 1. The molecule has 0 aromatic carbocycles. The molecule has 2 atom stereocenters. The van der Waals surface area contributed by atoms with Gasteiger partial charge in [0.25, 0.3) is 0 Å². The Morgan fingerprint density at radius 3 is 2.29 bits per heavy atom. The molecule has 1 rings (SSSR count). The maximum absolute atomic E-state index is 9.97. The van der Waals surface area contributed by atoms with Gasteiger partial charge in [-0.25, -0.2) is 0 Å². The second-order valence-corrected chi connectivity index (χ2v) is 3.30. The Morgan fingerprint density at radius 2 is 2.29 bits per heavy atom. The zero-order valence-corrected chi connectivity index (χ0v) is 5.75. The van der Waals surface area contributed by atoms with Crippen LogP contribution in [-0.4, -0.2) is 15.0 Å². The van der Waals surface area contributed by atoms with E-state index in [0.717, 1.165) is 6.42 Å². The van der Waals surface area contributed by atoms with Crippen molar-refractivity contribution in [3.63, 3.8) is 0 Å². The number of carbonyl (C=O) groups is 1. The summed E-state index contributed by atoms with van der Waals surface area (Å²) >= 11 is 2.15. The normalized spacial score (nSPS) is 37.9. The number of rotatable bonds is 1. The van der Waals surface area contributed by atoms with E-state index in [4.69, 9.17) is 5.11 Å². The molecular formula is C4H5IO2. The lowest BCUT2D eigenvalue weighted by Crippen LogP contribution is -1.97. The largest absolute Gasteiger partial charge is 0.481 e. The zero-order valence-electron chi connectivity index (χ0n) is 3.60. The van der Waals surface area contributed by atoms with E-state index in [0.29, 0.717) is 3.92 Å². The summed E-state index contributed by atoms with van der Waals surface area (Å²) < 4.78 is 0.412. The topological polar surface area (TPSA) is 37.3 Å². The van der Waals surface area contributed by atoms with E-state index in [-0.39, 0.29) is 5.92 Å². The lowest BCUT2D eigenvalue weighted by Gasteiger charge is -1.78. The van der Waals surface area contributed by atoms with Crippen molar-refractivity contribution in [2.45, 2.75) is 10.3 Å². The van der Waals surface area contributed by atoms with Gasteiger partial charge in [-0.15, -0.1) is 0 Å². The summed E-state index contributed by atoms with van der Waals surface area (Å²) in [6.07, 6.45) is 0.871. The summed E-state index contributed by atoms with van der Waals surface area (Å²) in [5, 5.41) is 8.22. The predicted molar refractivity (Wildman–Crippen MR) is 33.6 cm³/mol. The van der Waals surface area contributed by atoms with Gasteiger partial charge in [-0.05, 0) is 6.42 Å². The van der Waals surface area contributed by atoms with Gasteiger partial charge in [-0.3, -0.25) is 4.79 Å². The Hall–Kier alpha value is 0.200. The van der Waals surface area contributed by atoms with Crippen LogP contribution in [0.1, 0.15) is 6.42 Å². The highest BCUT2D eigenvalue weighted by Gasteiger charge is 2.40. The first-order valence-corrected chi connectivity index (χ1v) is 3.33. The smallest absolute Gasteiger partial charge is 0.307 e. The lowest BCUT2D eigenvalue weighted by molar-refractivity contribution is -0.138. The van der Waals surface area contributed by atoms with Crippen LogP contribution in [0.25, 0.3) is 0 Å². The summed E-state index contributed by atoms with van der Waals surface area (Å²) in [7, 11) is 0. The Morgan fingerprint density at radius 1 is 1.86 bits per heavy atom. The average Bonchev–Trinajstić information content (AvgIpc) is 2.17. The van der Waals surface area contributed by atoms with Gasteiger partial charge in [0.1, 0.15) is 0 Å². The van der Waals surface area contributed by atoms with Gasteiger partial charge in [0.2, 0.25) is 0 Å². The van der Waals surface area contributed by atoms with Gasteiger partial charge in [0.05, 0.1) is 5.92 Å². The van der Waals surface area contributed by atoms with Gasteiger partial charge in [0, 0.05) is 3.92 Å². The van der Waals surface area contributed by atoms with E-state index >= 15 is 0 Å². The summed E-state index contributed by atoms with van der Waals surface area (Å²) in [6.45, 7) is 0. The maximum atomic E-state index is 9.97. The standard InChI is InChI=1S/C4H5IO2/c5-3-1-2(3)4(6)7/h2-3H,1H2,(H,6,7)/t2-,3-/m1/s1. The number of alkyl halides is 1. The van der Waals surface area contributed by atoms with Crippen LogP contribution in [-0.2, 0) is 4.79 Å². The Labute approximate surface area is 55.0 Å². The highest BCUT2D eigenvalue weighted by Crippen LogP contribution is 2.37. The SMILES string of the molecule is O=C(O)[C@@H]1C[C@H]1I. The molecule has 0 unspecified atom stereocenters. The molecule has 0 saturated heterocycles. The van der Waals surface area contributed by atoms with Crippen LogP contribution >= 0.6 is 22.6 Å². The monoisotopic (exact) mass is 212 g/mol. The molecule has 40 valence electrons. The molecule has 2 nitrogen and oxygen atoms in total. The van der Waals surface area contributed by atoms with E-state index in [9.17, 15) is 4.79 Å². The quantitative estimate of drug-likeness (QED) is 0.517. The maximum Gasteiger partial charge on any atom is 0.307 e. The van der Waals surface area contributed by atoms with Crippen molar-refractivity contribution in [2.24, 2.45) is 5.92 Å². The van der Waals surface area contributed by atoms with Crippen LogP contribution in [0.3, 0.4) is 0 Å². The van der Waals surface area contributed by atoms with Crippen molar-refractivity contribution in [2.75, 3.05) is 0 Å². The second kappa shape index (κ2) is 1.61. The molecule has 1 fully saturated rings. The minimum Gasteiger partial charge on any atom is -0.481 e. The molecule has 0 heterocycles. The molecule has 3 heteroatoms. The fraction of sp³-hybridized carbons (Fsp3) is 0.750. The Balaban J connectivity index is 2.33. The van der Waals surface area contributed by atoms with Crippen LogP contribution < -0.4 is 0 Å². The number of carboxylic acids is 1. The van der Waals surface area contributed by atoms with Crippen LogP contribution in [0.15, 0.2) is 0 Å². The first kappa shape index (κ1) is 5.34. The number of hydrogen-bond acceptors (Lipinski definition) is 1. The molecule has 0 amide bonds. The fourth-order valence-electron chi connectivity index (χ4n) is 0.420. The molecule has 0 aliphatic heterocycles. The van der Waals surface area contributed by atoms with E-state index in [2.05, 4.69) is 22.6 Å². The van der Waals surface area contributed by atoms with Crippen molar-refractivity contribution in [1.29, 1.82) is 0 Å². The third-order valence-electron chi connectivity index (χ3n) is 1.03. The molecule has 1 aliphatic carbocycles. The molecule has 0 spiro atoms. The molecule has 1 saturated carbocycles. The third kappa shape index (κ3) is 1.05. The van der Waals surface area contributed by atoms with Crippen molar-refractivity contribution in [3.05, 3.63) is 0 Å². The minimum atomic E-state index is -0.639. The molecule has 7 heavy (non-hydrogen) atoms. The van der Waals surface area contributed by atoms with E-state index in [1.54, 1.807) is 0 Å². The van der Waals surface area contributed by atoms with Crippen molar-refractivity contribution in [1.82, 2.24) is 0 Å². The average molecular weight is 212 g/mol. The van der Waals surface area contributed by atoms with Crippen molar-refractivity contribution in [3.8, 4) is 0 Å². The summed E-state index contributed by atoms with van der Waals surface area (Å²) in [4.78, 5) is 9.97. The molecule has 1 N–H and O–H groups in total. The van der Waals surface area contributed by atoms with Crippen LogP contribution in [0.2, 0.25) is 0 Å². The molecular weight excluding hydrogens is 207 g/mol. The molecule has 1 aliphatic rings. The van der Waals surface area contributed by atoms with Gasteiger partial charge in [-0.1, -0.05) is 22.6 Å². The Kier molecular flexibility index (Phi) is 1.23. The van der Waals surface area contributed by atoms with E-state index < -0.39 is 5.97 Å². The molecule has 0 aromatic heterocycles.